The average molecular weight is 515 g/mol. The third-order valence-corrected chi connectivity index (χ3v) is 6.99. The predicted molar refractivity (Wildman–Crippen MR) is 146 cm³/mol. The van der Waals surface area contributed by atoms with Crippen molar-refractivity contribution < 1.29 is 23.8 Å². The molecule has 1 heterocycles. The third kappa shape index (κ3) is 9.86. The van der Waals surface area contributed by atoms with Gasteiger partial charge in [0.2, 0.25) is 0 Å². The van der Waals surface area contributed by atoms with Crippen molar-refractivity contribution in [3.05, 3.63) is 36.7 Å². The number of aromatic nitrogens is 2. The maximum Gasteiger partial charge on any atom is 0.329 e. The molecule has 7 nitrogen and oxygen atoms in total. The summed E-state index contributed by atoms with van der Waals surface area (Å²) >= 11 is 0. The molecule has 37 heavy (non-hydrogen) atoms. The maximum absolute atomic E-state index is 13.4. The zero-order valence-corrected chi connectivity index (χ0v) is 23.4. The fourth-order valence-electron chi connectivity index (χ4n) is 4.37. The number of imidazole rings is 1. The molecule has 206 valence electrons. The lowest BCUT2D eigenvalue weighted by Crippen LogP contribution is -2.28. The Morgan fingerprint density at radius 2 is 1.59 bits per heavy atom. The highest BCUT2D eigenvalue weighted by molar-refractivity contribution is 5.82. The van der Waals surface area contributed by atoms with Gasteiger partial charge in [-0.05, 0) is 36.8 Å². The summed E-state index contributed by atoms with van der Waals surface area (Å²) in [5, 5.41) is 0. The number of carbonyl (C=O) groups excluding carboxylic acids is 2. The molecule has 3 atom stereocenters. The molecule has 0 spiro atoms. The maximum atomic E-state index is 13.4. The molecule has 0 saturated carbocycles. The Hall–Kier alpha value is -2.83. The molecule has 2 aromatic rings. The van der Waals surface area contributed by atoms with E-state index < -0.39 is 18.0 Å². The van der Waals surface area contributed by atoms with Gasteiger partial charge in [-0.1, -0.05) is 78.4 Å². The molecule has 7 heteroatoms. The molecule has 2 rings (SSSR count). The number of benzene rings is 1. The number of esters is 2. The van der Waals surface area contributed by atoms with Gasteiger partial charge in [0.25, 0.3) is 0 Å². The van der Waals surface area contributed by atoms with Gasteiger partial charge < -0.3 is 18.8 Å². The second kappa shape index (κ2) is 16.8. The van der Waals surface area contributed by atoms with E-state index in [4.69, 9.17) is 14.2 Å². The monoisotopic (exact) mass is 514 g/mol. The normalized spacial score (nSPS) is 13.5. The van der Waals surface area contributed by atoms with E-state index in [1.165, 1.54) is 0 Å². The van der Waals surface area contributed by atoms with Crippen LogP contribution in [0, 0.1) is 11.8 Å². The van der Waals surface area contributed by atoms with Crippen LogP contribution in [0.5, 0.6) is 5.75 Å². The molecule has 1 aromatic carbocycles. The molecule has 0 amide bonds. The largest absolute Gasteiger partial charge is 0.497 e. The zero-order valence-electron chi connectivity index (χ0n) is 23.4. The van der Waals surface area contributed by atoms with E-state index in [1.807, 2.05) is 24.3 Å². The van der Waals surface area contributed by atoms with Crippen molar-refractivity contribution in [1.29, 1.82) is 0 Å². The number of hydrogen-bond acceptors (Lipinski definition) is 6. The first-order chi connectivity index (χ1) is 18.0. The van der Waals surface area contributed by atoms with E-state index in [0.717, 1.165) is 56.9 Å². The molecule has 0 aliphatic carbocycles. The Kier molecular flexibility index (Phi) is 13.8. The van der Waals surface area contributed by atoms with Crippen LogP contribution in [0.4, 0.5) is 0 Å². The summed E-state index contributed by atoms with van der Waals surface area (Å²) in [6.07, 6.45) is 11.6. The minimum absolute atomic E-state index is 0.109. The van der Waals surface area contributed by atoms with Crippen molar-refractivity contribution in [2.45, 2.75) is 91.5 Å². The summed E-state index contributed by atoms with van der Waals surface area (Å²) in [5.41, 5.74) is 0.788. The van der Waals surface area contributed by atoms with E-state index in [2.05, 4.69) is 32.7 Å². The molecule has 0 fully saturated rings. The van der Waals surface area contributed by atoms with E-state index in [1.54, 1.807) is 24.1 Å². The Morgan fingerprint density at radius 3 is 2.19 bits per heavy atom. The van der Waals surface area contributed by atoms with Gasteiger partial charge >= 0.3 is 11.9 Å². The van der Waals surface area contributed by atoms with Crippen LogP contribution in [0.2, 0.25) is 0 Å². The van der Waals surface area contributed by atoms with Crippen LogP contribution in [0.25, 0.3) is 11.4 Å². The molecule has 0 aliphatic rings. The smallest absolute Gasteiger partial charge is 0.329 e. The number of rotatable bonds is 18. The molecule has 3 unspecified atom stereocenters. The van der Waals surface area contributed by atoms with Crippen LogP contribution < -0.4 is 4.74 Å². The number of methoxy groups -OCH3 is 1. The van der Waals surface area contributed by atoms with Crippen molar-refractivity contribution in [1.82, 2.24) is 9.55 Å². The number of ether oxygens (including phenoxy) is 3. The number of nitrogens with zero attached hydrogens (tertiary/aromatic N) is 2. The fourth-order valence-corrected chi connectivity index (χ4v) is 4.37. The van der Waals surface area contributed by atoms with Crippen LogP contribution in [-0.2, 0) is 19.1 Å². The van der Waals surface area contributed by atoms with E-state index in [0.29, 0.717) is 36.6 Å². The SMILES string of the molecule is CCCCC(CC)COC(=O)CC(C(=O)OCC(CC)CCCC)n1ccnc1-c1cccc(OC)c1. The Balaban J connectivity index is 2.23. The van der Waals surface area contributed by atoms with E-state index in [9.17, 15) is 9.59 Å². The summed E-state index contributed by atoms with van der Waals surface area (Å²) in [4.78, 5) is 30.9. The Morgan fingerprint density at radius 1 is 0.946 bits per heavy atom. The van der Waals surface area contributed by atoms with Gasteiger partial charge in [-0.2, -0.15) is 0 Å². The van der Waals surface area contributed by atoms with Crippen LogP contribution in [0.3, 0.4) is 0 Å². The Labute approximate surface area is 222 Å². The first-order valence-corrected chi connectivity index (χ1v) is 14.0. The summed E-state index contributed by atoms with van der Waals surface area (Å²) in [5.74, 6) is 1.05. The average Bonchev–Trinajstić information content (AvgIpc) is 3.41. The van der Waals surface area contributed by atoms with Crippen molar-refractivity contribution >= 4 is 11.9 Å². The summed E-state index contributed by atoms with van der Waals surface area (Å²) in [6, 6.07) is 6.62. The summed E-state index contributed by atoms with van der Waals surface area (Å²) in [6.45, 7) is 9.26. The first kappa shape index (κ1) is 30.4. The molecule has 0 saturated heterocycles. The topological polar surface area (TPSA) is 79.7 Å². The van der Waals surface area contributed by atoms with Gasteiger partial charge in [0.15, 0.2) is 0 Å². The van der Waals surface area contributed by atoms with Gasteiger partial charge in [-0.15, -0.1) is 0 Å². The predicted octanol–water partition coefficient (Wildman–Crippen LogP) is 7.01. The zero-order chi connectivity index (χ0) is 27.0. The standard InChI is InChI=1S/C30H46N2O5/c1-6-10-13-23(8-3)21-36-28(33)20-27(30(34)37-22-24(9-4)14-11-7-2)32-18-17-31-29(32)25-15-12-16-26(19-25)35-5/h12,15-19,23-24,27H,6-11,13-14,20-22H2,1-5H3. The lowest BCUT2D eigenvalue weighted by atomic mass is 10.0. The highest BCUT2D eigenvalue weighted by Crippen LogP contribution is 2.28. The third-order valence-electron chi connectivity index (χ3n) is 6.99. The van der Waals surface area contributed by atoms with E-state index in [-0.39, 0.29) is 6.42 Å². The van der Waals surface area contributed by atoms with Crippen LogP contribution in [-0.4, -0.2) is 41.8 Å². The quantitative estimate of drug-likeness (QED) is 0.199. The van der Waals surface area contributed by atoms with Gasteiger partial charge in [-0.3, -0.25) is 4.79 Å². The minimum Gasteiger partial charge on any atom is -0.497 e. The second-order valence-corrected chi connectivity index (χ2v) is 9.76. The van der Waals surface area contributed by atoms with Crippen molar-refractivity contribution in [3.8, 4) is 17.1 Å². The van der Waals surface area contributed by atoms with Crippen LogP contribution in [0.1, 0.15) is 91.5 Å². The van der Waals surface area contributed by atoms with Crippen LogP contribution >= 0.6 is 0 Å². The lowest BCUT2D eigenvalue weighted by Gasteiger charge is -2.22. The molecule has 0 N–H and O–H groups in total. The van der Waals surface area contributed by atoms with Crippen molar-refractivity contribution in [2.75, 3.05) is 20.3 Å². The second-order valence-electron chi connectivity index (χ2n) is 9.76. The van der Waals surface area contributed by atoms with Crippen molar-refractivity contribution in [2.24, 2.45) is 11.8 Å². The number of carbonyl (C=O) groups is 2. The Bertz CT molecular complexity index is 942. The molecule has 1 aromatic heterocycles. The van der Waals surface area contributed by atoms with Gasteiger partial charge in [0.05, 0.1) is 26.7 Å². The fraction of sp³-hybridized carbons (Fsp3) is 0.633. The lowest BCUT2D eigenvalue weighted by molar-refractivity contribution is -0.156. The molecular weight excluding hydrogens is 468 g/mol. The molecular formula is C30H46N2O5. The number of hydrogen-bond donors (Lipinski definition) is 0. The van der Waals surface area contributed by atoms with Crippen LogP contribution in [0.15, 0.2) is 36.7 Å². The van der Waals surface area contributed by atoms with Gasteiger partial charge in [0.1, 0.15) is 17.6 Å². The molecule has 0 radical (unpaired) electrons. The van der Waals surface area contributed by atoms with Gasteiger partial charge in [-0.25, -0.2) is 9.78 Å². The molecule has 0 bridgehead atoms. The molecule has 0 aliphatic heterocycles. The summed E-state index contributed by atoms with van der Waals surface area (Å²) in [7, 11) is 1.61. The highest BCUT2D eigenvalue weighted by atomic mass is 16.5. The minimum atomic E-state index is -0.865. The van der Waals surface area contributed by atoms with E-state index >= 15 is 0 Å². The summed E-state index contributed by atoms with van der Waals surface area (Å²) < 4.78 is 18.5. The van der Waals surface area contributed by atoms with Crippen molar-refractivity contribution in [3.63, 3.8) is 0 Å². The number of unbranched alkanes of at least 4 members (excludes halogenated alkanes) is 2. The highest BCUT2D eigenvalue weighted by Gasteiger charge is 2.29. The van der Waals surface area contributed by atoms with Gasteiger partial charge in [0, 0.05) is 18.0 Å². The first-order valence-electron chi connectivity index (χ1n) is 14.0.